The third-order valence-electron chi connectivity index (χ3n) is 5.69. The van der Waals surface area contributed by atoms with Gasteiger partial charge in [0.15, 0.2) is 0 Å². The third-order valence-corrected chi connectivity index (χ3v) is 7.44. The summed E-state index contributed by atoms with van der Waals surface area (Å²) in [6.07, 6.45) is 0. The van der Waals surface area contributed by atoms with Crippen LogP contribution in [0.4, 0.5) is 0 Å². The highest BCUT2D eigenvalue weighted by molar-refractivity contribution is 8.00. The number of esters is 1. The first-order valence-electron chi connectivity index (χ1n) is 11.1. The SMILES string of the molecule is CCN(CC)CCOC(=O)C1=C(Cl)CSC2C(NC(=O)C(NC(C)=O)c3ccccc3)C(=O)N12.Cl. The maximum absolute atomic E-state index is 13.0. The largest absolute Gasteiger partial charge is 0.460 e. The molecule has 192 valence electrons. The zero-order chi connectivity index (χ0) is 24.8. The van der Waals surface area contributed by atoms with Crippen molar-refractivity contribution >= 4 is 59.5 Å². The van der Waals surface area contributed by atoms with Crippen LogP contribution >= 0.6 is 35.8 Å². The zero-order valence-corrected chi connectivity index (χ0v) is 22.2. The van der Waals surface area contributed by atoms with Crippen molar-refractivity contribution in [3.05, 3.63) is 46.6 Å². The van der Waals surface area contributed by atoms with Crippen molar-refractivity contribution in [1.29, 1.82) is 0 Å². The lowest BCUT2D eigenvalue weighted by atomic mass is 10.0. The molecule has 0 aliphatic carbocycles. The molecule has 2 N–H and O–H groups in total. The summed E-state index contributed by atoms with van der Waals surface area (Å²) in [6.45, 7) is 7.81. The number of benzene rings is 1. The van der Waals surface area contributed by atoms with Gasteiger partial charge in [0, 0.05) is 19.2 Å². The number of fused-ring (bicyclic) bond motifs is 1. The minimum atomic E-state index is -0.946. The van der Waals surface area contributed by atoms with Crippen LogP contribution in [0.25, 0.3) is 0 Å². The number of carbonyl (C=O) groups excluding carboxylic acids is 4. The number of thioether (sulfide) groups is 1. The number of likely N-dealkylation sites (N-methyl/N-ethyl adjacent to an activating group) is 1. The fourth-order valence-electron chi connectivity index (χ4n) is 3.83. The highest BCUT2D eigenvalue weighted by atomic mass is 35.5. The molecule has 3 amide bonds. The van der Waals surface area contributed by atoms with E-state index in [4.69, 9.17) is 16.3 Å². The van der Waals surface area contributed by atoms with E-state index in [2.05, 4.69) is 15.5 Å². The van der Waals surface area contributed by atoms with E-state index in [0.29, 0.717) is 17.9 Å². The molecule has 3 atom stereocenters. The fraction of sp³-hybridized carbons (Fsp3) is 0.478. The van der Waals surface area contributed by atoms with Crippen molar-refractivity contribution in [2.75, 3.05) is 32.0 Å². The van der Waals surface area contributed by atoms with Gasteiger partial charge >= 0.3 is 5.97 Å². The molecule has 12 heteroatoms. The van der Waals surface area contributed by atoms with E-state index in [1.807, 2.05) is 13.8 Å². The molecule has 0 radical (unpaired) electrons. The van der Waals surface area contributed by atoms with Crippen LogP contribution in [0.5, 0.6) is 0 Å². The number of nitrogens with zero attached hydrogens (tertiary/aromatic N) is 2. The summed E-state index contributed by atoms with van der Waals surface area (Å²) >= 11 is 7.64. The maximum Gasteiger partial charge on any atom is 0.356 e. The highest BCUT2D eigenvalue weighted by Gasteiger charge is 2.54. The van der Waals surface area contributed by atoms with Crippen LogP contribution in [0.2, 0.25) is 0 Å². The Morgan fingerprint density at radius 1 is 1.23 bits per heavy atom. The van der Waals surface area contributed by atoms with Crippen molar-refractivity contribution in [3.63, 3.8) is 0 Å². The average molecular weight is 545 g/mol. The molecule has 1 saturated heterocycles. The summed E-state index contributed by atoms with van der Waals surface area (Å²) in [5.74, 6) is -1.67. The van der Waals surface area contributed by atoms with Gasteiger partial charge in [0.25, 0.3) is 5.91 Å². The molecule has 1 aromatic carbocycles. The molecule has 1 fully saturated rings. The van der Waals surface area contributed by atoms with Crippen LogP contribution in [0.1, 0.15) is 32.4 Å². The Morgan fingerprint density at radius 3 is 2.49 bits per heavy atom. The number of nitrogens with one attached hydrogen (secondary N) is 2. The number of carbonyl (C=O) groups is 4. The molecular formula is C23H30Cl2N4O5S. The number of rotatable bonds is 10. The maximum atomic E-state index is 13.0. The van der Waals surface area contributed by atoms with Gasteiger partial charge < -0.3 is 20.3 Å². The number of ether oxygens (including phenoxy) is 1. The highest BCUT2D eigenvalue weighted by Crippen LogP contribution is 2.41. The van der Waals surface area contributed by atoms with E-state index in [0.717, 1.165) is 13.1 Å². The molecule has 3 unspecified atom stereocenters. The Labute approximate surface area is 220 Å². The molecule has 2 heterocycles. The van der Waals surface area contributed by atoms with Crippen LogP contribution in [0, 0.1) is 0 Å². The summed E-state index contributed by atoms with van der Waals surface area (Å²) in [5, 5.41) is 5.10. The number of amides is 3. The minimum absolute atomic E-state index is 0. The average Bonchev–Trinajstić information content (AvgIpc) is 2.83. The van der Waals surface area contributed by atoms with Crippen LogP contribution in [0.15, 0.2) is 41.1 Å². The molecule has 0 aromatic heterocycles. The summed E-state index contributed by atoms with van der Waals surface area (Å²) in [5.41, 5.74) is 0.623. The van der Waals surface area contributed by atoms with Gasteiger partial charge in [-0.2, -0.15) is 0 Å². The minimum Gasteiger partial charge on any atom is -0.460 e. The second-order valence-corrected chi connectivity index (χ2v) is 9.42. The monoisotopic (exact) mass is 544 g/mol. The van der Waals surface area contributed by atoms with Gasteiger partial charge in [0.2, 0.25) is 11.8 Å². The lowest BCUT2D eigenvalue weighted by molar-refractivity contribution is -0.153. The van der Waals surface area contributed by atoms with Gasteiger partial charge in [-0.3, -0.25) is 19.3 Å². The van der Waals surface area contributed by atoms with E-state index in [9.17, 15) is 19.2 Å². The zero-order valence-electron chi connectivity index (χ0n) is 19.8. The third kappa shape index (κ3) is 6.69. The number of hydrogen-bond acceptors (Lipinski definition) is 7. The Bertz CT molecular complexity index is 974. The smallest absolute Gasteiger partial charge is 0.356 e. The molecule has 9 nitrogen and oxygen atoms in total. The molecule has 2 aliphatic rings. The lowest BCUT2D eigenvalue weighted by Gasteiger charge is -2.49. The van der Waals surface area contributed by atoms with Crippen LogP contribution in [-0.2, 0) is 23.9 Å². The molecular weight excluding hydrogens is 515 g/mol. The molecule has 2 aliphatic heterocycles. The van der Waals surface area contributed by atoms with Crippen molar-refractivity contribution in [3.8, 4) is 0 Å². The Kier molecular flexibility index (Phi) is 10.9. The normalized spacial score (nSPS) is 19.8. The molecule has 1 aromatic rings. The number of hydrogen-bond donors (Lipinski definition) is 2. The van der Waals surface area contributed by atoms with Gasteiger partial charge in [-0.15, -0.1) is 24.2 Å². The predicted molar refractivity (Wildman–Crippen MR) is 137 cm³/mol. The summed E-state index contributed by atoms with van der Waals surface area (Å²) in [4.78, 5) is 53.7. The second-order valence-electron chi connectivity index (χ2n) is 7.86. The van der Waals surface area contributed by atoms with Crippen molar-refractivity contribution in [2.24, 2.45) is 0 Å². The first-order chi connectivity index (χ1) is 16.3. The van der Waals surface area contributed by atoms with Crippen LogP contribution in [0.3, 0.4) is 0 Å². The number of β-lactam (4-membered cyclic amide) rings is 1. The Hall–Kier alpha value is -2.27. The Morgan fingerprint density at radius 2 is 1.89 bits per heavy atom. The molecule has 35 heavy (non-hydrogen) atoms. The topological polar surface area (TPSA) is 108 Å². The van der Waals surface area contributed by atoms with Crippen LogP contribution in [-0.4, -0.2) is 76.9 Å². The van der Waals surface area contributed by atoms with Gasteiger partial charge in [0.1, 0.15) is 29.8 Å². The number of halogens is 2. The summed E-state index contributed by atoms with van der Waals surface area (Å²) in [7, 11) is 0. The van der Waals surface area contributed by atoms with E-state index in [1.54, 1.807) is 30.3 Å². The first-order valence-corrected chi connectivity index (χ1v) is 12.6. The quantitative estimate of drug-likeness (QED) is 0.342. The van der Waals surface area contributed by atoms with Crippen molar-refractivity contribution in [2.45, 2.75) is 38.2 Å². The standard InChI is InChI=1S/C23H29ClN4O5S.ClH/c1-4-27(5-2)11-12-33-23(32)19-16(24)13-34-22-18(21(31)28(19)22)26-20(30)17(25-14(3)29)15-9-7-6-8-10-15;/h6-10,17-18,22H,4-5,11-13H2,1-3H3,(H,25,29)(H,26,30);1H. The predicted octanol–water partition coefficient (Wildman–Crippen LogP) is 2.02. The van der Waals surface area contributed by atoms with E-state index < -0.39 is 35.2 Å². The summed E-state index contributed by atoms with van der Waals surface area (Å²) < 4.78 is 5.38. The van der Waals surface area contributed by atoms with Gasteiger partial charge in [-0.05, 0) is 18.7 Å². The van der Waals surface area contributed by atoms with E-state index >= 15 is 0 Å². The Balaban J connectivity index is 0.00000432. The van der Waals surface area contributed by atoms with Gasteiger partial charge in [0.05, 0.1) is 5.03 Å². The summed E-state index contributed by atoms with van der Waals surface area (Å²) in [6, 6.07) is 6.97. The molecule has 0 spiro atoms. The van der Waals surface area contributed by atoms with Gasteiger partial charge in [-0.1, -0.05) is 55.8 Å². The first kappa shape index (κ1) is 29.0. The van der Waals surface area contributed by atoms with Crippen molar-refractivity contribution in [1.82, 2.24) is 20.4 Å². The van der Waals surface area contributed by atoms with Gasteiger partial charge in [-0.25, -0.2) is 4.79 Å². The van der Waals surface area contributed by atoms with E-state index in [-0.39, 0.29) is 35.7 Å². The molecule has 3 rings (SSSR count). The lowest BCUT2D eigenvalue weighted by Crippen LogP contribution is -2.71. The van der Waals surface area contributed by atoms with Crippen LogP contribution < -0.4 is 10.6 Å². The second kappa shape index (κ2) is 13.2. The van der Waals surface area contributed by atoms with E-state index in [1.165, 1.54) is 23.6 Å². The molecule has 0 saturated carbocycles. The fourth-order valence-corrected chi connectivity index (χ4v) is 5.38. The molecule has 0 bridgehead atoms. The van der Waals surface area contributed by atoms with Crippen molar-refractivity contribution < 1.29 is 23.9 Å².